The molecule has 0 aliphatic carbocycles. The Labute approximate surface area is 125 Å². The zero-order valence-electron chi connectivity index (χ0n) is 13.7. The molecule has 4 saturated heterocycles. The van der Waals surface area contributed by atoms with Crippen molar-refractivity contribution in [1.29, 1.82) is 0 Å². The molecule has 3 heteroatoms. The van der Waals surface area contributed by atoms with E-state index in [4.69, 9.17) is 0 Å². The molecule has 0 radical (unpaired) electrons. The third-order valence-corrected chi connectivity index (χ3v) is 6.54. The highest BCUT2D eigenvalue weighted by atomic mass is 15.3. The lowest BCUT2D eigenvalue weighted by molar-refractivity contribution is -0.0472. The van der Waals surface area contributed by atoms with Gasteiger partial charge in [-0.25, -0.2) is 0 Å². The van der Waals surface area contributed by atoms with Gasteiger partial charge in [-0.3, -0.25) is 4.90 Å². The number of rotatable bonds is 4. The minimum Gasteiger partial charge on any atom is -0.308 e. The first-order valence-electron chi connectivity index (χ1n) is 8.94. The number of nitrogens with one attached hydrogen (secondary N) is 1. The Bertz CT molecular complexity index is 318. The zero-order valence-corrected chi connectivity index (χ0v) is 13.7. The Morgan fingerprint density at radius 1 is 1.10 bits per heavy atom. The monoisotopic (exact) mass is 279 g/mol. The van der Waals surface area contributed by atoms with Crippen LogP contribution in [0, 0.1) is 5.92 Å². The molecule has 4 aliphatic rings. The maximum atomic E-state index is 3.89. The molecule has 2 atom stereocenters. The molecule has 2 bridgehead atoms. The summed E-state index contributed by atoms with van der Waals surface area (Å²) in [6, 6.07) is 1.59. The fraction of sp³-hybridized carbons (Fsp3) is 1.00. The van der Waals surface area contributed by atoms with Crippen LogP contribution in [0.2, 0.25) is 0 Å². The van der Waals surface area contributed by atoms with Crippen LogP contribution in [0.15, 0.2) is 0 Å². The molecule has 1 N–H and O–H groups in total. The van der Waals surface area contributed by atoms with Crippen molar-refractivity contribution in [2.45, 2.75) is 70.5 Å². The van der Waals surface area contributed by atoms with Gasteiger partial charge in [-0.15, -0.1) is 0 Å². The normalized spacial score (nSPS) is 41.0. The highest BCUT2D eigenvalue weighted by molar-refractivity contribution is 5.02. The third kappa shape index (κ3) is 2.53. The van der Waals surface area contributed by atoms with E-state index >= 15 is 0 Å². The first kappa shape index (κ1) is 14.8. The quantitative estimate of drug-likeness (QED) is 0.852. The summed E-state index contributed by atoms with van der Waals surface area (Å²) in [5, 5.41) is 3.89. The molecule has 4 rings (SSSR count). The molecule has 0 aromatic carbocycles. The second kappa shape index (κ2) is 5.94. The van der Waals surface area contributed by atoms with Crippen molar-refractivity contribution in [2.24, 2.45) is 5.92 Å². The summed E-state index contributed by atoms with van der Waals surface area (Å²) in [5.41, 5.74) is 0.373. The van der Waals surface area contributed by atoms with Crippen molar-refractivity contribution in [3.8, 4) is 0 Å². The highest BCUT2D eigenvalue weighted by Crippen LogP contribution is 2.35. The molecule has 2 unspecified atom stereocenters. The molecule has 4 aliphatic heterocycles. The van der Waals surface area contributed by atoms with Gasteiger partial charge in [0.1, 0.15) is 0 Å². The van der Waals surface area contributed by atoms with Crippen LogP contribution in [0.1, 0.15) is 52.9 Å². The summed E-state index contributed by atoms with van der Waals surface area (Å²) in [7, 11) is 0. The highest BCUT2D eigenvalue weighted by Gasteiger charge is 2.44. The van der Waals surface area contributed by atoms with Crippen LogP contribution in [0.4, 0.5) is 0 Å². The van der Waals surface area contributed by atoms with E-state index in [2.05, 4.69) is 35.9 Å². The summed E-state index contributed by atoms with van der Waals surface area (Å²) in [6.45, 7) is 13.6. The Morgan fingerprint density at radius 2 is 1.80 bits per heavy atom. The van der Waals surface area contributed by atoms with Crippen molar-refractivity contribution in [3.63, 3.8) is 0 Å². The molecule has 116 valence electrons. The molecule has 0 saturated carbocycles. The maximum absolute atomic E-state index is 3.89. The third-order valence-electron chi connectivity index (χ3n) is 6.54. The van der Waals surface area contributed by atoms with Crippen molar-refractivity contribution >= 4 is 0 Å². The van der Waals surface area contributed by atoms with E-state index in [0.29, 0.717) is 5.54 Å². The molecular formula is C17H33N3. The lowest BCUT2D eigenvalue weighted by Crippen LogP contribution is -2.69. The lowest BCUT2D eigenvalue weighted by atomic mass is 9.79. The number of fused-ring (bicyclic) bond motifs is 3. The van der Waals surface area contributed by atoms with Gasteiger partial charge in [0.2, 0.25) is 0 Å². The standard InChI is InChI=1S/C17H33N3/c1-4-15-11-18-17(5-2,6-3)13-20(15)16-12-19-9-7-14(16)8-10-19/h14-16,18H,4-13H2,1-3H3. The van der Waals surface area contributed by atoms with Gasteiger partial charge in [-0.1, -0.05) is 20.8 Å². The fourth-order valence-electron chi connectivity index (χ4n) is 4.79. The summed E-state index contributed by atoms with van der Waals surface area (Å²) < 4.78 is 0. The molecule has 4 fully saturated rings. The van der Waals surface area contributed by atoms with Crippen LogP contribution in [0.3, 0.4) is 0 Å². The maximum Gasteiger partial charge on any atom is 0.0304 e. The molecule has 4 heterocycles. The van der Waals surface area contributed by atoms with E-state index in [-0.39, 0.29) is 0 Å². The Balaban J connectivity index is 1.77. The van der Waals surface area contributed by atoms with E-state index in [9.17, 15) is 0 Å². The minimum atomic E-state index is 0.373. The number of nitrogens with zero attached hydrogens (tertiary/aromatic N) is 2. The van der Waals surface area contributed by atoms with Gasteiger partial charge < -0.3 is 10.2 Å². The number of piperazine rings is 1. The van der Waals surface area contributed by atoms with E-state index in [1.54, 1.807) is 0 Å². The van der Waals surface area contributed by atoms with Crippen molar-refractivity contribution < 1.29 is 0 Å². The van der Waals surface area contributed by atoms with Crippen LogP contribution in [-0.2, 0) is 0 Å². The molecular weight excluding hydrogens is 246 g/mol. The van der Waals surface area contributed by atoms with Gasteiger partial charge in [-0.05, 0) is 51.1 Å². The molecule has 0 amide bonds. The van der Waals surface area contributed by atoms with Crippen LogP contribution < -0.4 is 5.32 Å². The number of piperidine rings is 3. The second-order valence-electron chi connectivity index (χ2n) is 7.31. The first-order chi connectivity index (χ1) is 9.71. The van der Waals surface area contributed by atoms with E-state index < -0.39 is 0 Å². The second-order valence-corrected chi connectivity index (χ2v) is 7.31. The predicted molar refractivity (Wildman–Crippen MR) is 85.1 cm³/mol. The van der Waals surface area contributed by atoms with Crippen molar-refractivity contribution in [2.75, 3.05) is 32.7 Å². The number of hydrogen-bond donors (Lipinski definition) is 1. The van der Waals surface area contributed by atoms with E-state index in [0.717, 1.165) is 18.0 Å². The summed E-state index contributed by atoms with van der Waals surface area (Å²) >= 11 is 0. The van der Waals surface area contributed by atoms with E-state index in [1.807, 2.05) is 0 Å². The van der Waals surface area contributed by atoms with Crippen LogP contribution in [0.25, 0.3) is 0 Å². The molecule has 0 spiro atoms. The Hall–Kier alpha value is -0.120. The van der Waals surface area contributed by atoms with E-state index in [1.165, 1.54) is 64.8 Å². The van der Waals surface area contributed by atoms with Gasteiger partial charge in [0.25, 0.3) is 0 Å². The molecule has 0 aromatic rings. The number of hydrogen-bond acceptors (Lipinski definition) is 3. The molecule has 20 heavy (non-hydrogen) atoms. The summed E-state index contributed by atoms with van der Waals surface area (Å²) in [6.07, 6.45) is 6.70. The first-order valence-corrected chi connectivity index (χ1v) is 8.94. The van der Waals surface area contributed by atoms with Crippen molar-refractivity contribution in [1.82, 2.24) is 15.1 Å². The Morgan fingerprint density at radius 3 is 2.30 bits per heavy atom. The topological polar surface area (TPSA) is 18.5 Å². The van der Waals surface area contributed by atoms with Crippen LogP contribution in [-0.4, -0.2) is 60.1 Å². The van der Waals surface area contributed by atoms with Gasteiger partial charge in [0.05, 0.1) is 0 Å². The molecule has 3 nitrogen and oxygen atoms in total. The average molecular weight is 279 g/mol. The smallest absolute Gasteiger partial charge is 0.0304 e. The lowest BCUT2D eigenvalue weighted by Gasteiger charge is -2.56. The Kier molecular flexibility index (Phi) is 4.40. The predicted octanol–water partition coefficient (Wildman–Crippen LogP) is 2.32. The molecule has 0 aromatic heterocycles. The largest absolute Gasteiger partial charge is 0.308 e. The van der Waals surface area contributed by atoms with Gasteiger partial charge in [0.15, 0.2) is 0 Å². The summed E-state index contributed by atoms with van der Waals surface area (Å²) in [4.78, 5) is 5.62. The SMILES string of the molecule is CCC1CNC(CC)(CC)CN1C1CN2CCC1CC2. The van der Waals surface area contributed by atoms with Crippen molar-refractivity contribution in [3.05, 3.63) is 0 Å². The fourth-order valence-corrected chi connectivity index (χ4v) is 4.79. The van der Waals surface area contributed by atoms with Gasteiger partial charge in [0, 0.05) is 37.3 Å². The van der Waals surface area contributed by atoms with Crippen LogP contribution >= 0.6 is 0 Å². The minimum absolute atomic E-state index is 0.373. The van der Waals surface area contributed by atoms with Gasteiger partial charge in [-0.2, -0.15) is 0 Å². The zero-order chi connectivity index (χ0) is 14.2. The summed E-state index contributed by atoms with van der Waals surface area (Å²) in [5.74, 6) is 0.971. The van der Waals surface area contributed by atoms with Crippen LogP contribution in [0.5, 0.6) is 0 Å². The average Bonchev–Trinajstić information content (AvgIpc) is 2.55. The van der Waals surface area contributed by atoms with Gasteiger partial charge >= 0.3 is 0 Å².